The third-order valence-corrected chi connectivity index (χ3v) is 14.0. The number of fused-ring (bicyclic) bond motifs is 6. The van der Waals surface area contributed by atoms with E-state index in [1.54, 1.807) is 6.20 Å². The summed E-state index contributed by atoms with van der Waals surface area (Å²) in [5.74, 6) is 3.32. The van der Waals surface area contributed by atoms with Crippen LogP contribution in [0.25, 0.3) is 129 Å². The first kappa shape index (κ1) is 46.1. The zero-order chi connectivity index (χ0) is 51.8. The molecule has 0 saturated heterocycles. The molecule has 0 amide bonds. The van der Waals surface area contributed by atoms with Crippen LogP contribution >= 0.6 is 0 Å². The van der Waals surface area contributed by atoms with Crippen molar-refractivity contribution in [3.8, 4) is 85.8 Å². The minimum Gasteiger partial charge on any atom is -0.308 e. The van der Waals surface area contributed by atoms with Crippen LogP contribution in [-0.2, 0) is 0 Å². The van der Waals surface area contributed by atoms with Crippen LogP contribution in [0.2, 0.25) is 0 Å². The highest BCUT2D eigenvalue weighted by molar-refractivity contribution is 6.12. The molecule has 0 radical (unpaired) electrons. The number of aromatic nitrogens is 8. The van der Waals surface area contributed by atoms with Crippen molar-refractivity contribution in [2.75, 3.05) is 0 Å². The van der Waals surface area contributed by atoms with E-state index in [1.165, 1.54) is 0 Å². The van der Waals surface area contributed by atoms with E-state index < -0.39 is 0 Å². The second-order valence-electron chi connectivity index (χ2n) is 18.5. The molecular formula is C67H44N10. The molecule has 0 fully saturated rings. The van der Waals surface area contributed by atoms with Gasteiger partial charge in [0.05, 0.1) is 33.4 Å². The van der Waals surface area contributed by atoms with E-state index in [-0.39, 0.29) is 0 Å². The number of allylic oxidation sites excluding steroid dienone is 3. The highest BCUT2D eigenvalue weighted by Gasteiger charge is 2.24. The first-order valence-corrected chi connectivity index (χ1v) is 25.2. The Hall–Kier alpha value is -10.8. The van der Waals surface area contributed by atoms with Gasteiger partial charge in [-0.05, 0) is 67.3 Å². The van der Waals surface area contributed by atoms with Gasteiger partial charge in [0.25, 0.3) is 0 Å². The van der Waals surface area contributed by atoms with Gasteiger partial charge in [-0.2, -0.15) is 5.26 Å². The van der Waals surface area contributed by atoms with Crippen molar-refractivity contribution >= 4 is 55.9 Å². The first-order chi connectivity index (χ1) is 38.0. The highest BCUT2D eigenvalue weighted by atomic mass is 15.1. The predicted octanol–water partition coefficient (Wildman–Crippen LogP) is 15.7. The molecule has 77 heavy (non-hydrogen) atoms. The average Bonchev–Trinajstić information content (AvgIpc) is 4.21. The quantitative estimate of drug-likeness (QED) is 0.0934. The first-order valence-electron chi connectivity index (χ1n) is 25.2. The van der Waals surface area contributed by atoms with Crippen molar-refractivity contribution < 1.29 is 0 Å². The molecule has 362 valence electrons. The van der Waals surface area contributed by atoms with E-state index >= 15 is 0 Å². The topological polar surface area (TPSA) is 123 Å². The maximum absolute atomic E-state index is 11.9. The lowest BCUT2D eigenvalue weighted by atomic mass is 9.99. The van der Waals surface area contributed by atoms with Crippen molar-refractivity contribution in [2.45, 2.75) is 6.92 Å². The number of nitriles is 1. The Morgan fingerprint density at radius 2 is 0.753 bits per heavy atom. The molecule has 0 saturated carbocycles. The molecule has 0 aliphatic heterocycles. The average molecular weight is 989 g/mol. The predicted molar refractivity (Wildman–Crippen MR) is 312 cm³/mol. The lowest BCUT2D eigenvalue weighted by molar-refractivity contribution is 1.07. The highest BCUT2D eigenvalue weighted by Crippen LogP contribution is 2.42. The van der Waals surface area contributed by atoms with E-state index in [0.29, 0.717) is 51.9 Å². The summed E-state index contributed by atoms with van der Waals surface area (Å²) in [5.41, 5.74) is 12.3. The zero-order valence-electron chi connectivity index (χ0n) is 41.7. The smallest absolute Gasteiger partial charge is 0.164 e. The Morgan fingerprint density at radius 1 is 0.416 bits per heavy atom. The summed E-state index contributed by atoms with van der Waals surface area (Å²) < 4.78 is 4.42. The van der Waals surface area contributed by atoms with Gasteiger partial charge in [-0.3, -0.25) is 4.99 Å². The van der Waals surface area contributed by atoms with Crippen LogP contribution < -0.4 is 0 Å². The van der Waals surface area contributed by atoms with Crippen molar-refractivity contribution in [1.82, 2.24) is 39.0 Å². The fraction of sp³-hybridized carbons (Fsp3) is 0.0149. The lowest BCUT2D eigenvalue weighted by Gasteiger charge is -2.19. The van der Waals surface area contributed by atoms with E-state index in [2.05, 4.69) is 118 Å². The normalized spacial score (nSPS) is 11.8. The lowest BCUT2D eigenvalue weighted by Crippen LogP contribution is -2.06. The molecule has 0 aliphatic carbocycles. The number of rotatable bonds is 11. The summed E-state index contributed by atoms with van der Waals surface area (Å²) >= 11 is 0. The minimum atomic E-state index is 0.465. The fourth-order valence-corrected chi connectivity index (χ4v) is 10.4. The van der Waals surface area contributed by atoms with Crippen molar-refractivity contribution in [1.29, 1.82) is 5.26 Å². The summed E-state index contributed by atoms with van der Waals surface area (Å²) in [6, 6.07) is 76.2. The molecule has 9 aromatic carbocycles. The van der Waals surface area contributed by atoms with Crippen LogP contribution in [0.15, 0.2) is 242 Å². The third-order valence-electron chi connectivity index (χ3n) is 14.0. The Morgan fingerprint density at radius 3 is 1.10 bits per heavy atom. The van der Waals surface area contributed by atoms with E-state index in [0.717, 1.165) is 88.1 Å². The van der Waals surface area contributed by atoms with Crippen molar-refractivity contribution in [2.24, 2.45) is 4.99 Å². The summed E-state index contributed by atoms with van der Waals surface area (Å²) in [5, 5.41) is 15.9. The number of hydrogen-bond donors (Lipinski definition) is 0. The zero-order valence-corrected chi connectivity index (χ0v) is 41.7. The standard InChI is InChI=1S/C67H44N10/c1-3-43(36-37-69-2)50-40-60(76-56-30-18-16-28-51(56)53-34-32-48(38-58(53)76)66-72-62(44-20-8-4-9-21-44)70-63(73-66)45-22-10-5-11-23-45)55(42-68)61(41-50)77-57-31-19-17-29-52(57)54-35-33-49(39-59(54)77)67-74-64(46-24-12-6-13-25-46)71-65(75-67)47-26-14-7-15-27-47/h3-41H,2H2,1H3/b37-36-,43-3+. The molecular weight excluding hydrogens is 945 g/mol. The number of hydrogen-bond acceptors (Lipinski definition) is 8. The van der Waals surface area contributed by atoms with Crippen LogP contribution in [0.1, 0.15) is 18.1 Å². The summed E-state index contributed by atoms with van der Waals surface area (Å²) in [4.78, 5) is 34.5. The van der Waals surface area contributed by atoms with Gasteiger partial charge in [-0.1, -0.05) is 188 Å². The van der Waals surface area contributed by atoms with Crippen LogP contribution in [0.4, 0.5) is 0 Å². The largest absolute Gasteiger partial charge is 0.308 e. The van der Waals surface area contributed by atoms with E-state index in [1.807, 2.05) is 146 Å². The van der Waals surface area contributed by atoms with Gasteiger partial charge in [0.1, 0.15) is 11.6 Å². The molecule has 13 aromatic rings. The number of para-hydroxylation sites is 2. The number of nitrogens with zero attached hydrogens (tertiary/aromatic N) is 10. The molecule has 0 aliphatic rings. The Labute approximate surface area is 443 Å². The number of aliphatic imine (C=N–C) groups is 1. The molecule has 0 bridgehead atoms. The van der Waals surface area contributed by atoms with E-state index in [9.17, 15) is 5.26 Å². The van der Waals surface area contributed by atoms with E-state index in [4.69, 9.17) is 29.9 Å². The maximum atomic E-state index is 11.9. The van der Waals surface area contributed by atoms with Crippen LogP contribution in [0.3, 0.4) is 0 Å². The van der Waals surface area contributed by atoms with Crippen molar-refractivity contribution in [3.05, 3.63) is 248 Å². The molecule has 0 N–H and O–H groups in total. The minimum absolute atomic E-state index is 0.465. The van der Waals surface area contributed by atoms with Crippen LogP contribution in [0, 0.1) is 11.3 Å². The molecule has 0 unspecified atom stereocenters. The SMILES string of the molecule is C=N/C=C\C(=C/C)c1cc(-n2c3ccccc3c3ccc(-c4nc(-c5ccccc5)nc(-c5ccccc5)n4)cc32)c(C#N)c(-n2c3ccccc3c3ccc(-c4nc(-c5ccccc5)nc(-c5ccccc5)n4)cc32)c1. The van der Waals surface area contributed by atoms with Gasteiger partial charge in [0, 0.05) is 61.1 Å². The van der Waals surface area contributed by atoms with Gasteiger partial charge in [-0.15, -0.1) is 0 Å². The van der Waals surface area contributed by atoms with Crippen molar-refractivity contribution in [3.63, 3.8) is 0 Å². The molecule has 0 spiro atoms. The second-order valence-corrected chi connectivity index (χ2v) is 18.5. The van der Waals surface area contributed by atoms with Gasteiger partial charge < -0.3 is 9.13 Å². The van der Waals surface area contributed by atoms with Crippen LogP contribution in [-0.4, -0.2) is 45.8 Å². The summed E-state index contributed by atoms with van der Waals surface area (Å²) in [7, 11) is 0. The molecule has 13 rings (SSSR count). The molecule has 0 atom stereocenters. The monoisotopic (exact) mass is 988 g/mol. The Kier molecular flexibility index (Phi) is 11.7. The van der Waals surface area contributed by atoms with Gasteiger partial charge in [-0.25, -0.2) is 29.9 Å². The molecule has 4 heterocycles. The molecule has 10 heteroatoms. The van der Waals surface area contributed by atoms with Gasteiger partial charge in [0.15, 0.2) is 34.9 Å². The Balaban J connectivity index is 1.08. The third kappa shape index (κ3) is 8.31. The summed E-state index contributed by atoms with van der Waals surface area (Å²) in [6.07, 6.45) is 5.69. The number of benzene rings is 9. The summed E-state index contributed by atoms with van der Waals surface area (Å²) in [6.45, 7) is 5.76. The van der Waals surface area contributed by atoms with Gasteiger partial charge in [0.2, 0.25) is 0 Å². The van der Waals surface area contributed by atoms with Crippen LogP contribution in [0.5, 0.6) is 0 Å². The molecule has 4 aromatic heterocycles. The maximum Gasteiger partial charge on any atom is 0.164 e. The fourth-order valence-electron chi connectivity index (χ4n) is 10.4. The second kappa shape index (κ2) is 19.6. The molecule has 10 nitrogen and oxygen atoms in total. The Bertz CT molecular complexity index is 4150. The van der Waals surface area contributed by atoms with Gasteiger partial charge >= 0.3 is 0 Å².